The minimum absolute atomic E-state index is 0.0411. The zero-order valence-electron chi connectivity index (χ0n) is 12.0. The fourth-order valence-corrected chi connectivity index (χ4v) is 1.80. The molecular weight excluding hydrogens is 278 g/mol. The largest absolute Gasteiger partial charge is 0.466 e. The van der Waals surface area contributed by atoms with E-state index < -0.39 is 16.9 Å². The van der Waals surface area contributed by atoms with Crippen LogP contribution in [0.3, 0.4) is 0 Å². The number of ether oxygens (including phenoxy) is 2. The molecule has 0 saturated heterocycles. The average molecular weight is 295 g/mol. The Morgan fingerprint density at radius 1 is 1.05 bits per heavy atom. The van der Waals surface area contributed by atoms with Crippen LogP contribution in [0, 0.1) is 10.1 Å². The van der Waals surface area contributed by atoms with Crippen molar-refractivity contribution in [3.8, 4) is 0 Å². The van der Waals surface area contributed by atoms with Gasteiger partial charge in [0.25, 0.3) is 5.69 Å². The monoisotopic (exact) mass is 295 g/mol. The maximum absolute atomic E-state index is 11.5. The van der Waals surface area contributed by atoms with E-state index in [0.717, 1.165) is 0 Å². The van der Waals surface area contributed by atoms with Gasteiger partial charge in [-0.05, 0) is 25.0 Å². The zero-order valence-corrected chi connectivity index (χ0v) is 12.0. The fourth-order valence-electron chi connectivity index (χ4n) is 1.80. The number of rotatable bonds is 7. The summed E-state index contributed by atoms with van der Waals surface area (Å²) in [5.74, 6) is -0.945. The lowest BCUT2D eigenvalue weighted by atomic mass is 10.0. The van der Waals surface area contributed by atoms with E-state index in [-0.39, 0.29) is 31.7 Å². The lowest BCUT2D eigenvalue weighted by Crippen LogP contribution is -2.13. The minimum Gasteiger partial charge on any atom is -0.466 e. The Morgan fingerprint density at radius 3 is 2.05 bits per heavy atom. The Bertz CT molecular complexity index is 540. The van der Waals surface area contributed by atoms with Gasteiger partial charge in [-0.3, -0.25) is 19.7 Å². The van der Waals surface area contributed by atoms with Crippen LogP contribution in [0.4, 0.5) is 5.69 Å². The second-order valence-electron chi connectivity index (χ2n) is 4.17. The van der Waals surface area contributed by atoms with Gasteiger partial charge in [0.1, 0.15) is 0 Å². The minimum atomic E-state index is -0.553. The summed E-state index contributed by atoms with van der Waals surface area (Å²) in [7, 11) is 0. The summed E-state index contributed by atoms with van der Waals surface area (Å²) in [6, 6.07) is 4.04. The lowest BCUT2D eigenvalue weighted by molar-refractivity contribution is -0.384. The van der Waals surface area contributed by atoms with E-state index in [1.54, 1.807) is 13.8 Å². The summed E-state index contributed by atoms with van der Waals surface area (Å²) >= 11 is 0. The van der Waals surface area contributed by atoms with Gasteiger partial charge in [-0.15, -0.1) is 0 Å². The molecule has 0 aliphatic rings. The molecule has 0 bridgehead atoms. The first-order chi connectivity index (χ1) is 9.97. The van der Waals surface area contributed by atoms with Crippen molar-refractivity contribution in [1.29, 1.82) is 0 Å². The Balaban J connectivity index is 3.01. The third-order valence-electron chi connectivity index (χ3n) is 2.68. The fraction of sp³-hybridized carbons (Fsp3) is 0.429. The number of carbonyl (C=O) groups excluding carboxylic acids is 2. The molecule has 7 nitrogen and oxygen atoms in total. The van der Waals surface area contributed by atoms with Gasteiger partial charge in [-0.2, -0.15) is 0 Å². The van der Waals surface area contributed by atoms with Gasteiger partial charge in [0.2, 0.25) is 0 Å². The van der Waals surface area contributed by atoms with Crippen molar-refractivity contribution in [2.24, 2.45) is 0 Å². The van der Waals surface area contributed by atoms with Crippen molar-refractivity contribution in [3.05, 3.63) is 39.4 Å². The molecule has 1 aromatic rings. The predicted octanol–water partition coefficient (Wildman–Crippen LogP) is 1.81. The molecule has 0 fully saturated rings. The number of nitro benzene ring substituents is 1. The molecule has 0 aliphatic carbocycles. The highest BCUT2D eigenvalue weighted by atomic mass is 16.6. The van der Waals surface area contributed by atoms with E-state index in [0.29, 0.717) is 11.1 Å². The summed E-state index contributed by atoms with van der Waals surface area (Å²) in [6.07, 6.45) is -0.162. The third-order valence-corrected chi connectivity index (χ3v) is 2.68. The molecule has 0 amide bonds. The van der Waals surface area contributed by atoms with Crippen molar-refractivity contribution in [2.45, 2.75) is 26.7 Å². The van der Waals surface area contributed by atoms with Crippen LogP contribution in [0.15, 0.2) is 18.2 Å². The van der Waals surface area contributed by atoms with E-state index >= 15 is 0 Å². The molecule has 0 unspecified atom stereocenters. The van der Waals surface area contributed by atoms with Crippen molar-refractivity contribution < 1.29 is 24.0 Å². The molecular formula is C14H17NO6. The highest BCUT2D eigenvalue weighted by Gasteiger charge is 2.16. The predicted molar refractivity (Wildman–Crippen MR) is 73.8 cm³/mol. The number of hydrogen-bond donors (Lipinski definition) is 0. The summed E-state index contributed by atoms with van der Waals surface area (Å²) in [5, 5.41) is 10.8. The van der Waals surface area contributed by atoms with Gasteiger partial charge >= 0.3 is 11.9 Å². The Kier molecular flexibility index (Phi) is 6.32. The average Bonchev–Trinajstić information content (AvgIpc) is 2.41. The first kappa shape index (κ1) is 16.6. The Labute approximate surface area is 122 Å². The lowest BCUT2D eigenvalue weighted by Gasteiger charge is -2.09. The molecule has 0 radical (unpaired) electrons. The normalized spacial score (nSPS) is 10.0. The maximum Gasteiger partial charge on any atom is 0.310 e. The second kappa shape index (κ2) is 7.98. The number of esters is 2. The summed E-state index contributed by atoms with van der Waals surface area (Å²) in [5.41, 5.74) is 0.782. The van der Waals surface area contributed by atoms with Crippen LogP contribution in [0.2, 0.25) is 0 Å². The van der Waals surface area contributed by atoms with Crippen LogP contribution in [0.5, 0.6) is 0 Å². The van der Waals surface area contributed by atoms with E-state index in [4.69, 9.17) is 9.47 Å². The molecule has 0 heterocycles. The number of hydrogen-bond acceptors (Lipinski definition) is 6. The molecule has 21 heavy (non-hydrogen) atoms. The zero-order chi connectivity index (χ0) is 15.8. The summed E-state index contributed by atoms with van der Waals surface area (Å²) < 4.78 is 9.67. The number of benzene rings is 1. The van der Waals surface area contributed by atoms with E-state index in [2.05, 4.69) is 0 Å². The van der Waals surface area contributed by atoms with E-state index in [1.807, 2.05) is 0 Å². The van der Waals surface area contributed by atoms with Gasteiger partial charge in [0.05, 0.1) is 31.0 Å². The molecule has 0 atom stereocenters. The van der Waals surface area contributed by atoms with Crippen molar-refractivity contribution in [1.82, 2.24) is 0 Å². The Hall–Kier alpha value is -2.44. The summed E-state index contributed by atoms with van der Waals surface area (Å²) in [6.45, 7) is 3.83. The standard InChI is InChI=1S/C14H17NO6/c1-3-20-13(16)8-10-5-6-12(15(18)19)7-11(10)9-14(17)21-4-2/h5-7H,3-4,8-9H2,1-2H3. The first-order valence-corrected chi connectivity index (χ1v) is 6.55. The van der Waals surface area contributed by atoms with Crippen molar-refractivity contribution in [2.75, 3.05) is 13.2 Å². The van der Waals surface area contributed by atoms with Gasteiger partial charge in [0, 0.05) is 12.1 Å². The van der Waals surface area contributed by atoms with Crippen LogP contribution in [0.1, 0.15) is 25.0 Å². The van der Waals surface area contributed by atoms with Crippen molar-refractivity contribution in [3.63, 3.8) is 0 Å². The molecule has 0 aromatic heterocycles. The van der Waals surface area contributed by atoms with Crippen LogP contribution in [0.25, 0.3) is 0 Å². The van der Waals surface area contributed by atoms with Gasteiger partial charge in [-0.1, -0.05) is 6.07 Å². The SMILES string of the molecule is CCOC(=O)Cc1ccc([N+](=O)[O-])cc1CC(=O)OCC. The van der Waals surface area contributed by atoms with Gasteiger partial charge in [0.15, 0.2) is 0 Å². The van der Waals surface area contributed by atoms with Crippen LogP contribution in [-0.2, 0) is 31.9 Å². The summed E-state index contributed by atoms with van der Waals surface area (Å²) in [4.78, 5) is 33.3. The number of nitro groups is 1. The van der Waals surface area contributed by atoms with Crippen LogP contribution < -0.4 is 0 Å². The third kappa shape index (κ3) is 5.21. The number of carbonyl (C=O) groups is 2. The molecule has 1 aromatic carbocycles. The highest BCUT2D eigenvalue weighted by molar-refractivity contribution is 5.76. The molecule has 0 aliphatic heterocycles. The van der Waals surface area contributed by atoms with Gasteiger partial charge in [-0.25, -0.2) is 0 Å². The van der Waals surface area contributed by atoms with E-state index in [9.17, 15) is 19.7 Å². The molecule has 1 rings (SSSR count). The van der Waals surface area contributed by atoms with Crippen LogP contribution >= 0.6 is 0 Å². The molecule has 114 valence electrons. The highest BCUT2D eigenvalue weighted by Crippen LogP contribution is 2.20. The molecule has 0 N–H and O–H groups in total. The number of non-ortho nitro benzene ring substituents is 1. The second-order valence-corrected chi connectivity index (χ2v) is 4.17. The first-order valence-electron chi connectivity index (χ1n) is 6.55. The Morgan fingerprint density at radius 2 is 1.57 bits per heavy atom. The van der Waals surface area contributed by atoms with Crippen LogP contribution in [-0.4, -0.2) is 30.1 Å². The molecule has 0 spiro atoms. The topological polar surface area (TPSA) is 95.7 Å². The van der Waals surface area contributed by atoms with E-state index in [1.165, 1.54) is 18.2 Å². The maximum atomic E-state index is 11.5. The van der Waals surface area contributed by atoms with Gasteiger partial charge < -0.3 is 9.47 Å². The smallest absolute Gasteiger partial charge is 0.310 e. The molecule has 7 heteroatoms. The quantitative estimate of drug-likeness (QED) is 0.432. The molecule has 0 saturated carbocycles. The van der Waals surface area contributed by atoms with Crippen molar-refractivity contribution >= 4 is 17.6 Å². The number of nitrogens with zero attached hydrogens (tertiary/aromatic N) is 1.